The lowest BCUT2D eigenvalue weighted by Crippen LogP contribution is -2.34. The molecular weight excluding hydrogens is 294 g/mol. The second-order valence-corrected chi connectivity index (χ2v) is 6.75. The van der Waals surface area contributed by atoms with Gasteiger partial charge in [-0.05, 0) is 30.4 Å². The third-order valence-corrected chi connectivity index (χ3v) is 5.35. The SMILES string of the molecule is CN(c1c(C(=O)O)[c]ccc1-c1cccs1)C1CCCCC1. The van der Waals surface area contributed by atoms with E-state index in [2.05, 4.69) is 11.0 Å². The standard InChI is InChI=1S/C18H20NO2S/c1-19(13-7-3-2-4-8-13)17-14(16-11-6-12-22-16)9-5-10-15(17)18(20)21/h5-6,9,11-13H,2-4,7-8H2,1H3,(H,20,21). The van der Waals surface area contributed by atoms with Crippen LogP contribution in [0.3, 0.4) is 0 Å². The van der Waals surface area contributed by atoms with Crippen LogP contribution in [0.4, 0.5) is 5.69 Å². The van der Waals surface area contributed by atoms with Gasteiger partial charge in [0.1, 0.15) is 0 Å². The smallest absolute Gasteiger partial charge is 0.338 e. The van der Waals surface area contributed by atoms with Crippen molar-refractivity contribution < 1.29 is 9.90 Å². The highest BCUT2D eigenvalue weighted by molar-refractivity contribution is 7.13. The first kappa shape index (κ1) is 15.1. The van der Waals surface area contributed by atoms with Crippen LogP contribution in [0.2, 0.25) is 0 Å². The van der Waals surface area contributed by atoms with Crippen LogP contribution in [0.25, 0.3) is 10.4 Å². The van der Waals surface area contributed by atoms with Gasteiger partial charge < -0.3 is 10.0 Å². The van der Waals surface area contributed by atoms with Crippen molar-refractivity contribution in [1.29, 1.82) is 0 Å². The lowest BCUT2D eigenvalue weighted by atomic mass is 9.93. The predicted molar refractivity (Wildman–Crippen MR) is 90.8 cm³/mol. The molecule has 0 aliphatic heterocycles. The van der Waals surface area contributed by atoms with Crippen LogP contribution >= 0.6 is 11.3 Å². The number of carboxylic acid groups (broad SMARTS) is 1. The van der Waals surface area contributed by atoms with Crippen molar-refractivity contribution in [2.24, 2.45) is 0 Å². The lowest BCUT2D eigenvalue weighted by molar-refractivity contribution is 0.0697. The first-order chi connectivity index (χ1) is 10.7. The first-order valence-electron chi connectivity index (χ1n) is 7.73. The number of thiophene rings is 1. The molecule has 0 bridgehead atoms. The number of aromatic carboxylic acids is 1. The summed E-state index contributed by atoms with van der Waals surface area (Å²) >= 11 is 1.64. The molecule has 1 aliphatic carbocycles. The maximum Gasteiger partial charge on any atom is 0.338 e. The summed E-state index contributed by atoms with van der Waals surface area (Å²) in [6.45, 7) is 0. The average molecular weight is 314 g/mol. The third-order valence-electron chi connectivity index (χ3n) is 4.45. The summed E-state index contributed by atoms with van der Waals surface area (Å²) in [6, 6.07) is 11.1. The van der Waals surface area contributed by atoms with Gasteiger partial charge in [0.2, 0.25) is 0 Å². The van der Waals surface area contributed by atoms with Crippen molar-refractivity contribution in [2.75, 3.05) is 11.9 Å². The van der Waals surface area contributed by atoms with Gasteiger partial charge in [-0.3, -0.25) is 0 Å². The van der Waals surface area contributed by atoms with E-state index in [1.165, 1.54) is 19.3 Å². The van der Waals surface area contributed by atoms with E-state index in [0.29, 0.717) is 6.04 Å². The minimum atomic E-state index is -0.906. The number of nitrogens with zero attached hydrogens (tertiary/aromatic N) is 1. The molecule has 0 saturated heterocycles. The van der Waals surface area contributed by atoms with Gasteiger partial charge in [0.15, 0.2) is 0 Å². The third kappa shape index (κ3) is 2.88. The van der Waals surface area contributed by atoms with E-state index < -0.39 is 5.97 Å². The molecule has 2 aromatic rings. The van der Waals surface area contributed by atoms with E-state index in [1.54, 1.807) is 17.4 Å². The molecule has 1 N–H and O–H groups in total. The largest absolute Gasteiger partial charge is 0.478 e. The zero-order chi connectivity index (χ0) is 15.5. The minimum Gasteiger partial charge on any atom is -0.478 e. The van der Waals surface area contributed by atoms with Crippen LogP contribution in [0.15, 0.2) is 29.6 Å². The molecular formula is C18H20NO2S. The summed E-state index contributed by atoms with van der Waals surface area (Å²) in [5.41, 5.74) is 2.09. The fourth-order valence-corrected chi connectivity index (χ4v) is 4.05. The number of hydrogen-bond donors (Lipinski definition) is 1. The van der Waals surface area contributed by atoms with Gasteiger partial charge in [-0.25, -0.2) is 4.79 Å². The molecule has 3 rings (SSSR count). The maximum absolute atomic E-state index is 11.7. The van der Waals surface area contributed by atoms with Gasteiger partial charge in [0, 0.05) is 23.5 Å². The van der Waals surface area contributed by atoms with Gasteiger partial charge >= 0.3 is 5.97 Å². The monoisotopic (exact) mass is 314 g/mol. The van der Waals surface area contributed by atoms with Crippen molar-refractivity contribution in [3.8, 4) is 10.4 Å². The molecule has 115 valence electrons. The maximum atomic E-state index is 11.7. The Labute approximate surface area is 135 Å². The molecule has 4 heteroatoms. The summed E-state index contributed by atoms with van der Waals surface area (Å²) < 4.78 is 0. The number of anilines is 1. The molecule has 3 nitrogen and oxygen atoms in total. The molecule has 0 amide bonds. The molecule has 1 aliphatic rings. The molecule has 1 aromatic heterocycles. The summed E-state index contributed by atoms with van der Waals surface area (Å²) in [5, 5.41) is 11.6. The zero-order valence-electron chi connectivity index (χ0n) is 12.7. The van der Waals surface area contributed by atoms with E-state index in [1.807, 2.05) is 30.6 Å². The van der Waals surface area contributed by atoms with Gasteiger partial charge in [-0.1, -0.05) is 37.5 Å². The highest BCUT2D eigenvalue weighted by Crippen LogP contribution is 2.38. The fourth-order valence-electron chi connectivity index (χ4n) is 3.30. The zero-order valence-corrected chi connectivity index (χ0v) is 13.5. The van der Waals surface area contributed by atoms with Gasteiger partial charge in [-0.15, -0.1) is 11.3 Å². The second kappa shape index (κ2) is 6.53. The first-order valence-corrected chi connectivity index (χ1v) is 8.61. The quantitative estimate of drug-likeness (QED) is 0.890. The Morgan fingerprint density at radius 1 is 1.32 bits per heavy atom. The van der Waals surface area contributed by atoms with Gasteiger partial charge in [0.25, 0.3) is 0 Å². The Kier molecular flexibility index (Phi) is 4.48. The number of hydrogen-bond acceptors (Lipinski definition) is 3. The Morgan fingerprint density at radius 3 is 2.73 bits per heavy atom. The van der Waals surface area contributed by atoms with Crippen molar-refractivity contribution in [3.05, 3.63) is 41.3 Å². The number of carbonyl (C=O) groups is 1. The Morgan fingerprint density at radius 2 is 2.09 bits per heavy atom. The molecule has 1 radical (unpaired) electrons. The van der Waals surface area contributed by atoms with Crippen molar-refractivity contribution in [2.45, 2.75) is 38.1 Å². The van der Waals surface area contributed by atoms with E-state index >= 15 is 0 Å². The number of benzene rings is 1. The minimum absolute atomic E-state index is 0.277. The van der Waals surface area contributed by atoms with Gasteiger partial charge in [-0.2, -0.15) is 0 Å². The Balaban J connectivity index is 2.08. The molecule has 1 aromatic carbocycles. The van der Waals surface area contributed by atoms with E-state index in [4.69, 9.17) is 0 Å². The molecule has 1 fully saturated rings. The summed E-state index contributed by atoms with van der Waals surface area (Å²) in [6.07, 6.45) is 6.00. The predicted octanol–water partition coefficient (Wildman–Crippen LogP) is 4.68. The number of carboxylic acids is 1. The number of rotatable bonds is 4. The summed E-state index contributed by atoms with van der Waals surface area (Å²) in [4.78, 5) is 15.0. The van der Waals surface area contributed by atoms with Crippen molar-refractivity contribution in [3.63, 3.8) is 0 Å². The topological polar surface area (TPSA) is 40.5 Å². The van der Waals surface area contributed by atoms with E-state index in [-0.39, 0.29) is 5.56 Å². The second-order valence-electron chi connectivity index (χ2n) is 5.80. The summed E-state index contributed by atoms with van der Waals surface area (Å²) in [5.74, 6) is -0.906. The lowest BCUT2D eigenvalue weighted by Gasteiger charge is -2.35. The summed E-state index contributed by atoms with van der Waals surface area (Å²) in [7, 11) is 2.03. The van der Waals surface area contributed by atoms with Gasteiger partial charge in [0.05, 0.1) is 11.3 Å². The van der Waals surface area contributed by atoms with E-state index in [9.17, 15) is 9.90 Å². The van der Waals surface area contributed by atoms with Crippen molar-refractivity contribution >= 4 is 23.0 Å². The van der Waals surface area contributed by atoms with Crippen LogP contribution < -0.4 is 4.90 Å². The van der Waals surface area contributed by atoms with Crippen molar-refractivity contribution in [1.82, 2.24) is 0 Å². The normalized spacial score (nSPS) is 15.7. The molecule has 0 spiro atoms. The van der Waals surface area contributed by atoms with Crippen LogP contribution in [0, 0.1) is 6.07 Å². The molecule has 0 unspecified atom stereocenters. The van der Waals surface area contributed by atoms with Crippen LogP contribution in [-0.2, 0) is 0 Å². The highest BCUT2D eigenvalue weighted by Gasteiger charge is 2.25. The van der Waals surface area contributed by atoms with Crippen LogP contribution in [0.5, 0.6) is 0 Å². The fraction of sp³-hybridized carbons (Fsp3) is 0.389. The Hall–Kier alpha value is -1.81. The van der Waals surface area contributed by atoms with E-state index in [0.717, 1.165) is 29.0 Å². The molecule has 1 heterocycles. The van der Waals surface area contributed by atoms with Crippen LogP contribution in [0.1, 0.15) is 42.5 Å². The molecule has 0 atom stereocenters. The Bertz CT molecular complexity index is 645. The van der Waals surface area contributed by atoms with Crippen LogP contribution in [-0.4, -0.2) is 24.2 Å². The average Bonchev–Trinajstić information content (AvgIpc) is 3.08. The molecule has 1 saturated carbocycles. The highest BCUT2D eigenvalue weighted by atomic mass is 32.1. The molecule has 22 heavy (non-hydrogen) atoms.